The first-order chi connectivity index (χ1) is 34.3. The Morgan fingerprint density at radius 3 is 2.57 bits per heavy atom. The van der Waals surface area contributed by atoms with Crippen molar-refractivity contribution in [3.05, 3.63) is 194 Å². The van der Waals surface area contributed by atoms with Crippen LogP contribution in [0.4, 0.5) is 5.69 Å². The van der Waals surface area contributed by atoms with Crippen LogP contribution in [-0.2, 0) is 10.2 Å². The van der Waals surface area contributed by atoms with Gasteiger partial charge in [-0.1, -0.05) is 137 Å². The van der Waals surface area contributed by atoms with Crippen LogP contribution in [0, 0.1) is 17.8 Å². The molecule has 5 unspecified atom stereocenters. The van der Waals surface area contributed by atoms with E-state index in [0.717, 1.165) is 92.3 Å². The average molecular weight is 919 g/mol. The number of allylic oxidation sites excluding steroid dienone is 15. The SMILES string of the molecule is CC(C)C1=C2C(N(C3CC=CCC3)C3CC=CC4=C3NC(C3C=CC=CC3)O4)=c3cc4c5c6c(ccc(c36)[C@@H]21)C(N(C1=C2C=CC=C[C@H]21)c1cccc2oc(C3=CCCC=C3)nc12)CC=5CCC4(C)C. The van der Waals surface area contributed by atoms with Crippen molar-refractivity contribution in [3.8, 4) is 0 Å². The molecule has 0 radical (unpaired) electrons. The van der Waals surface area contributed by atoms with E-state index in [1.807, 2.05) is 0 Å². The maximum absolute atomic E-state index is 6.90. The van der Waals surface area contributed by atoms with Gasteiger partial charge in [0.05, 0.1) is 23.5 Å². The standard InChI is InChI=1S/C64H62N4O2/c1-36(2)52-56-44-31-30-43-49(68(60-41-24-14-15-25-42(41)60)48-27-17-29-51-59(48)66-63(70-51)38-20-10-6-11-21-38)34-39-32-33-64(3,4)46-35-45(54(44)55(43)53(39)46)61(57(52)56)67(40-22-12-7-13-23-40)47-26-16-28-50-58(47)65-62(69-50)37-18-8-5-9-19-37/h5,7-10,12,14-18,20-21,24-25,27-31,35-37,40-41,47,49,56,62,65H,6,11,13,19,22-23,26,32-34H2,1-4H3/t37?,40?,41-,47?,49?,56-,62?/m1/s1. The predicted molar refractivity (Wildman–Crippen MR) is 283 cm³/mol. The minimum atomic E-state index is -0.0700. The van der Waals surface area contributed by atoms with Crippen molar-refractivity contribution < 1.29 is 9.15 Å². The number of ether oxygens (including phenoxy) is 1. The Balaban J connectivity index is 0.976. The molecule has 6 heteroatoms. The lowest BCUT2D eigenvalue weighted by atomic mass is 9.68. The van der Waals surface area contributed by atoms with Crippen molar-refractivity contribution in [2.24, 2.45) is 17.8 Å². The third kappa shape index (κ3) is 6.01. The Kier molecular flexibility index (Phi) is 8.98. The number of anilines is 1. The number of hydrogen-bond acceptors (Lipinski definition) is 6. The first-order valence-corrected chi connectivity index (χ1v) is 26.7. The van der Waals surface area contributed by atoms with E-state index in [1.165, 1.54) is 49.8 Å². The highest BCUT2D eigenvalue weighted by Gasteiger charge is 2.52. The van der Waals surface area contributed by atoms with E-state index < -0.39 is 0 Å². The molecule has 3 aromatic carbocycles. The molecule has 0 saturated heterocycles. The van der Waals surface area contributed by atoms with Gasteiger partial charge in [0.15, 0.2) is 11.8 Å². The zero-order valence-electron chi connectivity index (χ0n) is 41.0. The molecule has 15 rings (SSSR count). The van der Waals surface area contributed by atoms with Crippen molar-refractivity contribution in [3.63, 3.8) is 0 Å². The molecule has 0 bridgehead atoms. The van der Waals surface area contributed by atoms with Gasteiger partial charge in [0, 0.05) is 46.0 Å². The predicted octanol–water partition coefficient (Wildman–Crippen LogP) is 13.1. The summed E-state index contributed by atoms with van der Waals surface area (Å²) >= 11 is 0. The minimum absolute atomic E-state index is 0.0262. The second-order valence-corrected chi connectivity index (χ2v) is 22.7. The minimum Gasteiger partial charge on any atom is -0.468 e. The molecule has 1 aromatic heterocycles. The van der Waals surface area contributed by atoms with E-state index in [-0.39, 0.29) is 23.7 Å². The topological polar surface area (TPSA) is 53.8 Å². The molecule has 0 saturated carbocycles. The molecule has 4 aromatic rings. The highest BCUT2D eigenvalue weighted by molar-refractivity contribution is 6.03. The zero-order chi connectivity index (χ0) is 46.6. The Bertz CT molecular complexity index is 3510. The Morgan fingerprint density at radius 2 is 1.76 bits per heavy atom. The number of oxazole rings is 1. The van der Waals surface area contributed by atoms with Crippen LogP contribution in [-0.4, -0.2) is 28.2 Å². The molecule has 1 aliphatic heterocycles. The van der Waals surface area contributed by atoms with Crippen molar-refractivity contribution in [1.82, 2.24) is 15.2 Å². The molecule has 70 heavy (non-hydrogen) atoms. The molecular formula is C64H62N4O2. The summed E-state index contributed by atoms with van der Waals surface area (Å²) in [4.78, 5) is 11.1. The number of rotatable bonds is 9. The van der Waals surface area contributed by atoms with Gasteiger partial charge in [-0.15, -0.1) is 0 Å². The highest BCUT2D eigenvalue weighted by atomic mass is 16.5. The second-order valence-electron chi connectivity index (χ2n) is 22.7. The fourth-order valence-corrected chi connectivity index (χ4v) is 14.5. The lowest BCUT2D eigenvalue weighted by Crippen LogP contribution is -2.49. The maximum atomic E-state index is 6.90. The fourth-order valence-electron chi connectivity index (χ4n) is 14.5. The summed E-state index contributed by atoms with van der Waals surface area (Å²) < 4.78 is 13.6. The normalized spacial score (nSPS) is 28.9. The molecule has 0 amide bonds. The quantitative estimate of drug-likeness (QED) is 0.169. The van der Waals surface area contributed by atoms with Gasteiger partial charge in [0.2, 0.25) is 5.89 Å². The van der Waals surface area contributed by atoms with Crippen LogP contribution in [0.5, 0.6) is 0 Å². The van der Waals surface area contributed by atoms with Crippen molar-refractivity contribution in [1.29, 1.82) is 0 Å². The van der Waals surface area contributed by atoms with E-state index in [0.29, 0.717) is 35.6 Å². The first kappa shape index (κ1) is 41.3. The van der Waals surface area contributed by atoms with Gasteiger partial charge in [0.1, 0.15) is 11.3 Å². The number of benzene rings is 3. The molecule has 0 fully saturated rings. The molecule has 0 spiro atoms. The van der Waals surface area contributed by atoms with Crippen LogP contribution in [0.15, 0.2) is 166 Å². The van der Waals surface area contributed by atoms with Gasteiger partial charge in [-0.3, -0.25) is 0 Å². The molecule has 11 aliphatic rings. The van der Waals surface area contributed by atoms with Crippen LogP contribution in [0.25, 0.3) is 38.7 Å². The Labute approximate surface area is 411 Å². The van der Waals surface area contributed by atoms with E-state index in [4.69, 9.17) is 14.1 Å². The largest absolute Gasteiger partial charge is 0.468 e. The van der Waals surface area contributed by atoms with Crippen LogP contribution < -0.4 is 20.7 Å². The third-order valence-corrected chi connectivity index (χ3v) is 18.0. The van der Waals surface area contributed by atoms with Crippen LogP contribution in [0.3, 0.4) is 0 Å². The van der Waals surface area contributed by atoms with Gasteiger partial charge < -0.3 is 24.3 Å². The van der Waals surface area contributed by atoms with E-state index >= 15 is 0 Å². The number of aromatic nitrogens is 1. The Hall–Kier alpha value is -6.53. The number of nitrogens with one attached hydrogen (secondary N) is 1. The summed E-state index contributed by atoms with van der Waals surface area (Å²) in [6, 6.07) is 15.1. The van der Waals surface area contributed by atoms with Crippen LogP contribution in [0.2, 0.25) is 0 Å². The number of hydrogen-bond donors (Lipinski definition) is 1. The number of para-hydroxylation sites is 1. The van der Waals surface area contributed by atoms with Crippen molar-refractivity contribution in [2.75, 3.05) is 4.90 Å². The molecule has 6 nitrogen and oxygen atoms in total. The third-order valence-electron chi connectivity index (χ3n) is 18.0. The highest BCUT2D eigenvalue weighted by Crippen LogP contribution is 2.62. The number of nitrogens with zero attached hydrogens (tertiary/aromatic N) is 3. The summed E-state index contributed by atoms with van der Waals surface area (Å²) in [7, 11) is 0. The van der Waals surface area contributed by atoms with Gasteiger partial charge in [-0.25, -0.2) is 4.98 Å². The van der Waals surface area contributed by atoms with Gasteiger partial charge >= 0.3 is 0 Å². The van der Waals surface area contributed by atoms with E-state index in [2.05, 4.69) is 170 Å². The van der Waals surface area contributed by atoms with Crippen LogP contribution in [0.1, 0.15) is 126 Å². The van der Waals surface area contributed by atoms with E-state index in [1.54, 1.807) is 27.5 Å². The fraction of sp³-hybridized carbons (Fsp3) is 0.359. The molecule has 10 aliphatic carbocycles. The number of fused-ring (bicyclic) bond motifs is 4. The molecule has 2 heterocycles. The van der Waals surface area contributed by atoms with Crippen molar-refractivity contribution in [2.45, 2.75) is 128 Å². The van der Waals surface area contributed by atoms with Gasteiger partial charge in [-0.05, 0) is 149 Å². The summed E-state index contributed by atoms with van der Waals surface area (Å²) in [5.41, 5.74) is 19.0. The lowest BCUT2D eigenvalue weighted by Gasteiger charge is -2.45. The molecule has 350 valence electrons. The Morgan fingerprint density at radius 1 is 0.843 bits per heavy atom. The molecular weight excluding hydrogens is 857 g/mol. The van der Waals surface area contributed by atoms with E-state index in [9.17, 15) is 0 Å². The smallest absolute Gasteiger partial charge is 0.227 e. The van der Waals surface area contributed by atoms with Crippen molar-refractivity contribution >= 4 is 44.4 Å². The monoisotopic (exact) mass is 918 g/mol. The average Bonchev–Trinajstić information content (AvgIpc) is 4.19. The molecule has 7 atom stereocenters. The van der Waals surface area contributed by atoms with Gasteiger partial charge in [0.25, 0.3) is 0 Å². The summed E-state index contributed by atoms with van der Waals surface area (Å²) in [5, 5.41) is 10.1. The molecule has 1 N–H and O–H groups in total. The summed E-state index contributed by atoms with van der Waals surface area (Å²) in [6.45, 7) is 9.93. The zero-order valence-corrected chi connectivity index (χ0v) is 41.0. The summed E-state index contributed by atoms with van der Waals surface area (Å²) in [6.07, 6.45) is 44.9. The van der Waals surface area contributed by atoms with Gasteiger partial charge in [-0.2, -0.15) is 0 Å². The summed E-state index contributed by atoms with van der Waals surface area (Å²) in [5.74, 6) is 3.12. The maximum Gasteiger partial charge on any atom is 0.227 e. The lowest BCUT2D eigenvalue weighted by molar-refractivity contribution is 0.0969. The first-order valence-electron chi connectivity index (χ1n) is 26.7. The second kappa shape index (κ2) is 15.2. The van der Waals surface area contributed by atoms with Crippen LogP contribution >= 0.6 is 0 Å².